The quantitative estimate of drug-likeness (QED) is 0.912. The van der Waals surface area contributed by atoms with E-state index in [-0.39, 0.29) is 29.2 Å². The van der Waals surface area contributed by atoms with Crippen molar-refractivity contribution in [2.75, 3.05) is 6.54 Å². The third-order valence-corrected chi connectivity index (χ3v) is 4.98. The number of aliphatic hydroxyl groups excluding tert-OH is 1. The van der Waals surface area contributed by atoms with Gasteiger partial charge in [0.15, 0.2) is 0 Å². The van der Waals surface area contributed by atoms with Crippen LogP contribution in [0.2, 0.25) is 5.22 Å². The molecule has 0 aromatic carbocycles. The van der Waals surface area contributed by atoms with E-state index in [1.54, 1.807) is 6.07 Å². The Hall–Kier alpha value is -1.00. The number of aliphatic hydroxyl groups is 1. The summed E-state index contributed by atoms with van der Waals surface area (Å²) in [6.07, 6.45) is 7.24. The molecule has 1 aromatic heterocycles. The predicted octanol–water partition coefficient (Wildman–Crippen LogP) is 3.09. The Morgan fingerprint density at radius 3 is 2.80 bits per heavy atom. The van der Waals surface area contributed by atoms with Crippen LogP contribution in [-0.4, -0.2) is 34.6 Å². The smallest absolute Gasteiger partial charge is 0.258 e. The Morgan fingerprint density at radius 1 is 1.30 bits per heavy atom. The van der Waals surface area contributed by atoms with Crippen molar-refractivity contribution in [2.24, 2.45) is 5.92 Å². The van der Waals surface area contributed by atoms with Crippen molar-refractivity contribution in [1.29, 1.82) is 0 Å². The zero-order chi connectivity index (χ0) is 14.1. The molecule has 1 aliphatic heterocycles. The second kappa shape index (κ2) is 5.78. The molecular formula is C15H20ClNO3. The van der Waals surface area contributed by atoms with Crippen molar-refractivity contribution in [1.82, 2.24) is 4.90 Å². The molecule has 110 valence electrons. The lowest BCUT2D eigenvalue weighted by Crippen LogP contribution is -2.45. The molecule has 0 radical (unpaired) electrons. The van der Waals surface area contributed by atoms with Gasteiger partial charge in [0.2, 0.25) is 5.22 Å². The number of carbonyl (C=O) groups is 1. The molecule has 0 spiro atoms. The number of amides is 1. The predicted molar refractivity (Wildman–Crippen MR) is 75.7 cm³/mol. The Kier molecular flexibility index (Phi) is 4.03. The van der Waals surface area contributed by atoms with Crippen LogP contribution in [0.15, 0.2) is 16.7 Å². The highest BCUT2D eigenvalue weighted by Gasteiger charge is 2.39. The van der Waals surface area contributed by atoms with Gasteiger partial charge in [0.05, 0.1) is 17.9 Å². The van der Waals surface area contributed by atoms with Crippen molar-refractivity contribution >= 4 is 17.5 Å². The molecule has 2 fully saturated rings. The fourth-order valence-corrected chi connectivity index (χ4v) is 3.87. The van der Waals surface area contributed by atoms with E-state index in [1.807, 2.05) is 4.90 Å². The number of hydrogen-bond donors (Lipinski definition) is 1. The minimum absolute atomic E-state index is 0.0657. The molecule has 1 saturated carbocycles. The molecule has 3 rings (SSSR count). The number of nitrogens with zero attached hydrogens (tertiary/aromatic N) is 1. The van der Waals surface area contributed by atoms with Crippen molar-refractivity contribution in [3.8, 4) is 0 Å². The van der Waals surface area contributed by atoms with E-state index < -0.39 is 0 Å². The van der Waals surface area contributed by atoms with Crippen LogP contribution in [0.5, 0.6) is 0 Å². The van der Waals surface area contributed by atoms with E-state index in [0.717, 1.165) is 45.1 Å². The summed E-state index contributed by atoms with van der Waals surface area (Å²) >= 11 is 5.91. The van der Waals surface area contributed by atoms with Gasteiger partial charge in [-0.3, -0.25) is 4.79 Å². The summed E-state index contributed by atoms with van der Waals surface area (Å²) < 4.78 is 5.02. The maximum Gasteiger partial charge on any atom is 0.258 e. The summed E-state index contributed by atoms with van der Waals surface area (Å²) in [5, 5.41) is 10.4. The normalized spacial score (nSPS) is 30.7. The molecule has 20 heavy (non-hydrogen) atoms. The fraction of sp³-hybridized carbons (Fsp3) is 0.667. The van der Waals surface area contributed by atoms with Crippen LogP contribution < -0.4 is 0 Å². The number of halogens is 1. The van der Waals surface area contributed by atoms with Gasteiger partial charge < -0.3 is 14.4 Å². The van der Waals surface area contributed by atoms with Gasteiger partial charge in [-0.1, -0.05) is 12.8 Å². The topological polar surface area (TPSA) is 53.7 Å². The van der Waals surface area contributed by atoms with Gasteiger partial charge >= 0.3 is 0 Å². The first-order chi connectivity index (χ1) is 9.68. The van der Waals surface area contributed by atoms with E-state index in [1.165, 1.54) is 6.26 Å². The van der Waals surface area contributed by atoms with E-state index in [4.69, 9.17) is 16.0 Å². The summed E-state index contributed by atoms with van der Waals surface area (Å²) in [4.78, 5) is 14.5. The van der Waals surface area contributed by atoms with Gasteiger partial charge in [-0.25, -0.2) is 0 Å². The number of hydrogen-bond acceptors (Lipinski definition) is 3. The van der Waals surface area contributed by atoms with Gasteiger partial charge in [-0.15, -0.1) is 0 Å². The molecule has 3 atom stereocenters. The standard InChI is InChI=1S/C15H20ClNO3/c16-14-11(7-9-20-14)15(19)17-8-3-5-12(17)10-4-1-2-6-13(10)18/h7,9-10,12-13,18H,1-6,8H2/t10-,12+,13-/m0/s1. The minimum atomic E-state index is -0.276. The van der Waals surface area contributed by atoms with E-state index in [0.29, 0.717) is 5.56 Å². The lowest BCUT2D eigenvalue weighted by atomic mass is 9.80. The van der Waals surface area contributed by atoms with Crippen molar-refractivity contribution in [3.63, 3.8) is 0 Å². The molecule has 2 heterocycles. The monoisotopic (exact) mass is 297 g/mol. The van der Waals surface area contributed by atoms with E-state index in [9.17, 15) is 9.90 Å². The Morgan fingerprint density at radius 2 is 2.10 bits per heavy atom. The Balaban J connectivity index is 1.78. The molecule has 1 aromatic rings. The lowest BCUT2D eigenvalue weighted by molar-refractivity contribution is 0.0211. The summed E-state index contributed by atoms with van der Waals surface area (Å²) in [5.41, 5.74) is 0.434. The number of carbonyl (C=O) groups excluding carboxylic acids is 1. The van der Waals surface area contributed by atoms with Crippen LogP contribution in [0, 0.1) is 5.92 Å². The molecule has 1 saturated heterocycles. The molecule has 1 aliphatic carbocycles. The first kappa shape index (κ1) is 14.0. The first-order valence-electron chi connectivity index (χ1n) is 7.40. The number of likely N-dealkylation sites (tertiary alicyclic amines) is 1. The summed E-state index contributed by atoms with van der Waals surface area (Å²) in [6.45, 7) is 0.744. The van der Waals surface area contributed by atoms with E-state index in [2.05, 4.69) is 0 Å². The van der Waals surface area contributed by atoms with Gasteiger partial charge in [0.25, 0.3) is 5.91 Å². The maximum atomic E-state index is 12.6. The Labute approximate surface area is 123 Å². The highest BCUT2D eigenvalue weighted by molar-refractivity contribution is 6.32. The van der Waals surface area contributed by atoms with Gasteiger partial charge in [0.1, 0.15) is 0 Å². The lowest BCUT2D eigenvalue weighted by Gasteiger charge is -2.37. The minimum Gasteiger partial charge on any atom is -0.452 e. The largest absolute Gasteiger partial charge is 0.452 e. The maximum absolute atomic E-state index is 12.6. The zero-order valence-electron chi connectivity index (χ0n) is 11.4. The van der Waals surface area contributed by atoms with Gasteiger partial charge in [0, 0.05) is 18.5 Å². The highest BCUT2D eigenvalue weighted by atomic mass is 35.5. The van der Waals surface area contributed by atoms with Gasteiger partial charge in [-0.05, 0) is 43.4 Å². The van der Waals surface area contributed by atoms with Crippen LogP contribution in [0.4, 0.5) is 0 Å². The van der Waals surface area contributed by atoms with Crippen LogP contribution >= 0.6 is 11.6 Å². The second-order valence-corrected chi connectivity index (χ2v) is 6.18. The molecule has 2 aliphatic rings. The zero-order valence-corrected chi connectivity index (χ0v) is 12.2. The number of furan rings is 1. The van der Waals surface area contributed by atoms with Crippen molar-refractivity contribution < 1.29 is 14.3 Å². The molecule has 0 bridgehead atoms. The molecule has 5 heteroatoms. The van der Waals surface area contributed by atoms with Crippen LogP contribution in [0.25, 0.3) is 0 Å². The SMILES string of the molecule is O=C(c1ccoc1Cl)N1CCC[C@@H]1[C@@H]1CCCC[C@@H]1O. The van der Waals surface area contributed by atoms with Crippen LogP contribution in [-0.2, 0) is 0 Å². The number of rotatable bonds is 2. The fourth-order valence-electron chi connectivity index (χ4n) is 3.68. The van der Waals surface area contributed by atoms with E-state index >= 15 is 0 Å². The van der Waals surface area contributed by atoms with Gasteiger partial charge in [-0.2, -0.15) is 0 Å². The van der Waals surface area contributed by atoms with Crippen LogP contribution in [0.3, 0.4) is 0 Å². The molecule has 1 N–H and O–H groups in total. The summed E-state index contributed by atoms with van der Waals surface area (Å²) in [6, 6.07) is 1.76. The molecular weight excluding hydrogens is 278 g/mol. The summed E-state index contributed by atoms with van der Waals surface area (Å²) in [5.74, 6) is 0.143. The molecule has 1 amide bonds. The average Bonchev–Trinajstić information content (AvgIpc) is 3.07. The first-order valence-corrected chi connectivity index (χ1v) is 7.78. The van der Waals surface area contributed by atoms with Crippen molar-refractivity contribution in [3.05, 3.63) is 23.1 Å². The van der Waals surface area contributed by atoms with Crippen LogP contribution in [0.1, 0.15) is 48.9 Å². The van der Waals surface area contributed by atoms with Crippen molar-refractivity contribution in [2.45, 2.75) is 50.7 Å². The molecule has 4 nitrogen and oxygen atoms in total. The molecule has 0 unspecified atom stereocenters. The Bertz CT molecular complexity index is 487. The second-order valence-electron chi connectivity index (χ2n) is 5.83. The average molecular weight is 298 g/mol. The third kappa shape index (κ3) is 2.47. The third-order valence-electron chi connectivity index (χ3n) is 4.68. The highest BCUT2D eigenvalue weighted by Crippen LogP contribution is 2.35. The summed E-state index contributed by atoms with van der Waals surface area (Å²) in [7, 11) is 0.